The molecule has 1 fully saturated rings. The summed E-state index contributed by atoms with van der Waals surface area (Å²) < 4.78 is 9.75. The Labute approximate surface area is 169 Å². The van der Waals surface area contributed by atoms with Crippen LogP contribution in [0.5, 0.6) is 0 Å². The van der Waals surface area contributed by atoms with E-state index in [1.54, 1.807) is 0 Å². The Morgan fingerprint density at radius 3 is 2.69 bits per heavy atom. The highest BCUT2D eigenvalue weighted by Crippen LogP contribution is 2.27. The summed E-state index contributed by atoms with van der Waals surface area (Å²) in [7, 11) is 1.94. The normalized spacial score (nSPS) is 17.8. The van der Waals surface area contributed by atoms with E-state index in [9.17, 15) is 0 Å². The summed E-state index contributed by atoms with van der Waals surface area (Å²) in [6, 6.07) is 12.7. The maximum absolute atomic E-state index is 6.05. The van der Waals surface area contributed by atoms with Gasteiger partial charge in [0.25, 0.3) is 0 Å². The van der Waals surface area contributed by atoms with Gasteiger partial charge in [-0.05, 0) is 18.6 Å². The lowest BCUT2D eigenvalue weighted by molar-refractivity contribution is -0.0343. The van der Waals surface area contributed by atoms with Gasteiger partial charge in [0.1, 0.15) is 11.8 Å². The average molecular weight is 388 g/mol. The molecule has 0 aliphatic carbocycles. The van der Waals surface area contributed by atoms with Crippen LogP contribution >= 0.6 is 0 Å². The fourth-order valence-corrected chi connectivity index (χ4v) is 3.88. The minimum Gasteiger partial charge on any atom is -0.369 e. The number of hydrogen-bond acceptors (Lipinski definition) is 5. The lowest BCUT2D eigenvalue weighted by Crippen LogP contribution is -2.38. The van der Waals surface area contributed by atoms with Crippen LogP contribution in [0.1, 0.15) is 22.9 Å². The second-order valence-corrected chi connectivity index (χ2v) is 7.71. The van der Waals surface area contributed by atoms with Gasteiger partial charge < -0.3 is 4.74 Å². The van der Waals surface area contributed by atoms with E-state index >= 15 is 0 Å². The smallest absolute Gasteiger partial charge is 0.121 e. The van der Waals surface area contributed by atoms with Crippen molar-refractivity contribution in [1.29, 1.82) is 0 Å². The van der Waals surface area contributed by atoms with Crippen molar-refractivity contribution in [2.75, 3.05) is 19.7 Å². The first-order valence-electron chi connectivity index (χ1n) is 9.89. The number of ether oxygens (including phenoxy) is 1. The first kappa shape index (κ1) is 18.0. The fraction of sp³-hybridized carbons (Fsp3) is 0.318. The van der Waals surface area contributed by atoms with Crippen molar-refractivity contribution in [2.45, 2.75) is 19.6 Å². The lowest BCUT2D eigenvalue weighted by Gasteiger charge is -2.31. The van der Waals surface area contributed by atoms with Gasteiger partial charge >= 0.3 is 0 Å². The van der Waals surface area contributed by atoms with E-state index < -0.39 is 0 Å². The minimum absolute atomic E-state index is 0.0804. The van der Waals surface area contributed by atoms with Gasteiger partial charge in [-0.2, -0.15) is 5.10 Å². The summed E-state index contributed by atoms with van der Waals surface area (Å²) in [5.41, 5.74) is 6.65. The summed E-state index contributed by atoms with van der Waals surface area (Å²) >= 11 is 0. The van der Waals surface area contributed by atoms with E-state index in [0.717, 1.165) is 36.4 Å². The summed E-state index contributed by atoms with van der Waals surface area (Å²) in [6.45, 7) is 5.35. The maximum Gasteiger partial charge on any atom is 0.121 e. The zero-order valence-electron chi connectivity index (χ0n) is 16.7. The second kappa shape index (κ2) is 7.42. The van der Waals surface area contributed by atoms with Gasteiger partial charge in [-0.1, -0.05) is 41.1 Å². The van der Waals surface area contributed by atoms with E-state index in [-0.39, 0.29) is 6.10 Å². The molecule has 3 aromatic heterocycles. The third kappa shape index (κ3) is 3.66. The number of hydrogen-bond donors (Lipinski definition) is 0. The number of morpholine rings is 1. The molecule has 1 aromatic carbocycles. The van der Waals surface area contributed by atoms with Crippen molar-refractivity contribution in [2.24, 2.45) is 7.05 Å². The Balaban J connectivity index is 1.37. The Morgan fingerprint density at radius 1 is 1.07 bits per heavy atom. The second-order valence-electron chi connectivity index (χ2n) is 7.71. The van der Waals surface area contributed by atoms with E-state index in [4.69, 9.17) is 4.74 Å². The van der Waals surface area contributed by atoms with Gasteiger partial charge in [0.15, 0.2) is 0 Å². The topological polar surface area (TPSA) is 60.5 Å². The Bertz CT molecular complexity index is 1130. The van der Waals surface area contributed by atoms with Gasteiger partial charge in [-0.15, -0.1) is 5.10 Å². The van der Waals surface area contributed by atoms with Crippen LogP contribution in [0.15, 0.2) is 55.0 Å². The van der Waals surface area contributed by atoms with E-state index in [1.165, 1.54) is 16.7 Å². The predicted octanol–water partition coefficient (Wildman–Crippen LogP) is 3.01. The molecule has 29 heavy (non-hydrogen) atoms. The molecule has 0 saturated carbocycles. The molecule has 0 bridgehead atoms. The average Bonchev–Trinajstić information content (AvgIpc) is 3.34. The largest absolute Gasteiger partial charge is 0.369 e. The molecule has 4 aromatic rings. The molecule has 5 rings (SSSR count). The molecule has 1 aliphatic heterocycles. The molecular weight excluding hydrogens is 364 g/mol. The summed E-state index contributed by atoms with van der Waals surface area (Å²) in [5, 5.41) is 13.1. The van der Waals surface area contributed by atoms with Crippen molar-refractivity contribution in [1.82, 2.24) is 29.5 Å². The van der Waals surface area contributed by atoms with Gasteiger partial charge in [0.05, 0.1) is 18.3 Å². The number of fused-ring (bicyclic) bond motifs is 1. The molecule has 1 atom stereocenters. The lowest BCUT2D eigenvalue weighted by atomic mass is 10.1. The van der Waals surface area contributed by atoms with Gasteiger partial charge in [0.2, 0.25) is 0 Å². The molecule has 7 nitrogen and oxygen atoms in total. The molecule has 1 saturated heterocycles. The minimum atomic E-state index is -0.0804. The van der Waals surface area contributed by atoms with Crippen molar-refractivity contribution < 1.29 is 4.74 Å². The molecule has 0 radical (unpaired) electrons. The quantitative estimate of drug-likeness (QED) is 0.538. The van der Waals surface area contributed by atoms with Crippen LogP contribution in [0, 0.1) is 6.92 Å². The molecule has 4 heterocycles. The number of rotatable bonds is 4. The Kier molecular flexibility index (Phi) is 4.61. The zero-order chi connectivity index (χ0) is 19.8. The van der Waals surface area contributed by atoms with E-state index in [2.05, 4.69) is 69.8 Å². The van der Waals surface area contributed by atoms with Crippen LogP contribution in [0.4, 0.5) is 0 Å². The molecule has 1 unspecified atom stereocenters. The summed E-state index contributed by atoms with van der Waals surface area (Å²) in [5.74, 6) is 0. The molecule has 0 N–H and O–H groups in total. The molecule has 0 amide bonds. The summed E-state index contributed by atoms with van der Waals surface area (Å²) in [4.78, 5) is 2.39. The van der Waals surface area contributed by atoms with Gasteiger partial charge in [-0.3, -0.25) is 9.58 Å². The molecule has 1 aliphatic rings. The Morgan fingerprint density at radius 2 is 1.90 bits per heavy atom. The Hall–Kier alpha value is -3.03. The predicted molar refractivity (Wildman–Crippen MR) is 110 cm³/mol. The fourth-order valence-electron chi connectivity index (χ4n) is 3.88. The highest BCUT2D eigenvalue weighted by atomic mass is 16.5. The zero-order valence-corrected chi connectivity index (χ0v) is 16.7. The van der Waals surface area contributed by atoms with Crippen LogP contribution in [0.25, 0.3) is 16.6 Å². The van der Waals surface area contributed by atoms with Gasteiger partial charge in [0, 0.05) is 50.2 Å². The van der Waals surface area contributed by atoms with Crippen molar-refractivity contribution >= 4 is 5.52 Å². The van der Waals surface area contributed by atoms with Crippen LogP contribution in [-0.2, 0) is 18.3 Å². The molecular formula is C22H24N6O. The van der Waals surface area contributed by atoms with Crippen molar-refractivity contribution in [3.8, 4) is 11.1 Å². The van der Waals surface area contributed by atoms with Crippen molar-refractivity contribution in [3.05, 3.63) is 71.8 Å². The van der Waals surface area contributed by atoms with Crippen molar-refractivity contribution in [3.63, 3.8) is 0 Å². The standard InChI is InChI=1S/C22H24N6O/c1-16-3-5-18(6-4-16)19-7-8-20-22(24-25-28(20)14-19)21-15-27(9-10-29-21)13-17-11-23-26(2)12-17/h3-8,11-12,14,21H,9-10,13,15H2,1-2H3. The summed E-state index contributed by atoms with van der Waals surface area (Å²) in [6.07, 6.45) is 5.94. The van der Waals surface area contributed by atoms with Crippen LogP contribution in [-0.4, -0.2) is 49.2 Å². The molecule has 7 heteroatoms. The van der Waals surface area contributed by atoms with Crippen LogP contribution in [0.2, 0.25) is 0 Å². The highest BCUT2D eigenvalue weighted by molar-refractivity contribution is 5.66. The SMILES string of the molecule is Cc1ccc(-c2ccc3c(C4CN(Cc5cnn(C)c5)CCO4)nnn3c2)cc1. The van der Waals surface area contributed by atoms with E-state index in [1.807, 2.05) is 28.6 Å². The number of benzene rings is 1. The van der Waals surface area contributed by atoms with Crippen LogP contribution in [0.3, 0.4) is 0 Å². The third-order valence-electron chi connectivity index (χ3n) is 5.45. The molecule has 0 spiro atoms. The van der Waals surface area contributed by atoms with E-state index in [0.29, 0.717) is 6.61 Å². The monoisotopic (exact) mass is 388 g/mol. The van der Waals surface area contributed by atoms with Gasteiger partial charge in [-0.25, -0.2) is 4.52 Å². The number of pyridine rings is 1. The van der Waals surface area contributed by atoms with Crippen LogP contribution < -0.4 is 0 Å². The number of nitrogens with zero attached hydrogens (tertiary/aromatic N) is 6. The third-order valence-corrected chi connectivity index (χ3v) is 5.45. The number of aromatic nitrogens is 5. The first-order chi connectivity index (χ1) is 14.2. The highest BCUT2D eigenvalue weighted by Gasteiger charge is 2.26. The molecule has 148 valence electrons. The first-order valence-corrected chi connectivity index (χ1v) is 9.89. The number of aryl methyl sites for hydroxylation is 2. The maximum atomic E-state index is 6.05.